The summed E-state index contributed by atoms with van der Waals surface area (Å²) in [6.07, 6.45) is 0. The van der Waals surface area contributed by atoms with E-state index in [4.69, 9.17) is 4.74 Å². The van der Waals surface area contributed by atoms with E-state index in [0.717, 1.165) is 79.3 Å². The Hall–Kier alpha value is -10.4. The van der Waals surface area contributed by atoms with E-state index in [0.29, 0.717) is 0 Å². The number of aromatic nitrogens is 2. The molecule has 18 rings (SSSR count). The molecule has 8 heteroatoms. The van der Waals surface area contributed by atoms with Crippen molar-refractivity contribution in [3.05, 3.63) is 273 Å². The smallest absolute Gasteiger partial charge is 0.256 e. The first kappa shape index (κ1) is 43.6. The van der Waals surface area contributed by atoms with Crippen LogP contribution in [0, 0.1) is 0 Å². The zero-order chi connectivity index (χ0) is 52.2. The summed E-state index contributed by atoms with van der Waals surface area (Å²) in [7, 11) is 0. The van der Waals surface area contributed by atoms with Crippen LogP contribution in [0.1, 0.15) is 0 Å². The van der Waals surface area contributed by atoms with E-state index in [1.165, 1.54) is 71.2 Å². The van der Waals surface area contributed by atoms with Crippen molar-refractivity contribution in [1.82, 2.24) is 9.13 Å². The molecule has 80 heavy (non-hydrogen) atoms. The maximum absolute atomic E-state index is 7.68. The Labute approximate surface area is 463 Å². The Morgan fingerprint density at radius 1 is 0.287 bits per heavy atom. The van der Waals surface area contributed by atoms with Gasteiger partial charge in [-0.25, -0.2) is 0 Å². The number of fused-ring (bicyclic) bond motifs is 14. The minimum atomic E-state index is -0.143. The molecular formula is C72H45B2N5O. The van der Waals surface area contributed by atoms with Crippen LogP contribution in [0.15, 0.2) is 273 Å². The van der Waals surface area contributed by atoms with Gasteiger partial charge in [-0.05, 0) is 124 Å². The Morgan fingerprint density at radius 3 is 1.45 bits per heavy atom. The van der Waals surface area contributed by atoms with Gasteiger partial charge in [0.25, 0.3) is 13.4 Å². The maximum Gasteiger partial charge on any atom is 0.256 e. The normalized spacial score (nSPS) is 13.2. The summed E-state index contributed by atoms with van der Waals surface area (Å²) in [5.74, 6) is 1.69. The Bertz CT molecular complexity index is 4810. The van der Waals surface area contributed by atoms with Crippen LogP contribution in [-0.4, -0.2) is 22.6 Å². The number of nitrogens with zero attached hydrogens (tertiary/aromatic N) is 5. The third-order valence-electron chi connectivity index (χ3n) is 17.4. The van der Waals surface area contributed by atoms with Crippen molar-refractivity contribution in [3.63, 3.8) is 0 Å². The summed E-state index contributed by atoms with van der Waals surface area (Å²) >= 11 is 0. The lowest BCUT2D eigenvalue weighted by Gasteiger charge is -2.43. The molecule has 4 aliphatic heterocycles. The Balaban J connectivity index is 0.943. The minimum absolute atomic E-state index is 0.110. The second-order valence-corrected chi connectivity index (χ2v) is 21.6. The molecule has 0 saturated carbocycles. The quantitative estimate of drug-likeness (QED) is 0.155. The number of rotatable bonds is 6. The highest BCUT2D eigenvalue weighted by atomic mass is 16.5. The van der Waals surface area contributed by atoms with Gasteiger partial charge in [0.2, 0.25) is 0 Å². The zero-order valence-corrected chi connectivity index (χ0v) is 43.3. The highest BCUT2D eigenvalue weighted by Crippen LogP contribution is 2.49. The Kier molecular flexibility index (Phi) is 9.03. The number of hydrogen-bond acceptors (Lipinski definition) is 4. The van der Waals surface area contributed by atoms with E-state index >= 15 is 0 Å². The molecule has 0 fully saturated rings. The number of hydrogen-bond donors (Lipinski definition) is 0. The van der Waals surface area contributed by atoms with Crippen LogP contribution in [0.4, 0.5) is 51.2 Å². The molecule has 0 amide bonds. The first-order valence-electron chi connectivity index (χ1n) is 27.7. The van der Waals surface area contributed by atoms with Crippen LogP contribution >= 0.6 is 0 Å². The summed E-state index contributed by atoms with van der Waals surface area (Å²) in [6.45, 7) is -0.253. The maximum atomic E-state index is 7.68. The topological polar surface area (TPSA) is 28.8 Å². The van der Waals surface area contributed by atoms with E-state index in [9.17, 15) is 0 Å². The average Bonchev–Trinajstić information content (AvgIpc) is 4.09. The van der Waals surface area contributed by atoms with Crippen molar-refractivity contribution in [3.8, 4) is 22.9 Å². The van der Waals surface area contributed by atoms with Crippen LogP contribution in [0.2, 0.25) is 0 Å². The van der Waals surface area contributed by atoms with Crippen LogP contribution in [0.25, 0.3) is 55.0 Å². The van der Waals surface area contributed by atoms with Crippen molar-refractivity contribution < 1.29 is 4.74 Å². The van der Waals surface area contributed by atoms with Crippen LogP contribution in [-0.2, 0) is 0 Å². The van der Waals surface area contributed by atoms with Crippen molar-refractivity contribution in [2.75, 3.05) is 14.7 Å². The van der Waals surface area contributed by atoms with Crippen molar-refractivity contribution in [1.29, 1.82) is 0 Å². The fourth-order valence-electron chi connectivity index (χ4n) is 14.3. The standard InChI is InChI=1S/C72H45B2N5O/c1-5-22-46(23-6-1)75(47-24-7-2-8-25-47)51-42-67-71-69(43-51)80-68-45-64-58(44-59(68)73(71)56-34-16-20-39-63(56)76(67)48-26-9-3-10-27-48)74-57-35-21-33-55-54-32-15-19-38-62(54)79(72(55)57)66-41-50(40-65(70(66)74)77(64)49-28-11-4-12-29-49)78-60-36-17-13-30-52(60)53-31-14-18-37-61(53)78/h1-45H. The lowest BCUT2D eigenvalue weighted by atomic mass is 9.30. The summed E-state index contributed by atoms with van der Waals surface area (Å²) in [5, 5.41) is 4.98. The van der Waals surface area contributed by atoms with Gasteiger partial charge in [-0.3, -0.25) is 0 Å². The van der Waals surface area contributed by atoms with Gasteiger partial charge in [-0.15, -0.1) is 0 Å². The van der Waals surface area contributed by atoms with Gasteiger partial charge >= 0.3 is 0 Å². The highest BCUT2D eigenvalue weighted by Gasteiger charge is 2.47. The third kappa shape index (κ3) is 5.99. The predicted octanol–water partition coefficient (Wildman–Crippen LogP) is 14.4. The molecule has 0 bridgehead atoms. The number of anilines is 9. The molecule has 0 radical (unpaired) electrons. The van der Waals surface area contributed by atoms with Gasteiger partial charge in [0.1, 0.15) is 11.5 Å². The van der Waals surface area contributed by atoms with Crippen molar-refractivity contribution in [2.24, 2.45) is 0 Å². The van der Waals surface area contributed by atoms with Crippen molar-refractivity contribution in [2.45, 2.75) is 0 Å². The number of ether oxygens (including phenoxy) is 1. The molecule has 12 aromatic carbocycles. The number of para-hydroxylation sites is 9. The van der Waals surface area contributed by atoms with Crippen molar-refractivity contribution >= 4 is 141 Å². The zero-order valence-electron chi connectivity index (χ0n) is 43.3. The summed E-state index contributed by atoms with van der Waals surface area (Å²) < 4.78 is 12.7. The van der Waals surface area contributed by atoms with Crippen LogP contribution in [0.5, 0.6) is 11.5 Å². The second-order valence-electron chi connectivity index (χ2n) is 21.6. The lowest BCUT2D eigenvalue weighted by Crippen LogP contribution is -2.64. The summed E-state index contributed by atoms with van der Waals surface area (Å²) in [6, 6.07) is 100. The van der Waals surface area contributed by atoms with Gasteiger partial charge < -0.3 is 28.6 Å². The van der Waals surface area contributed by atoms with Gasteiger partial charge in [-0.2, -0.15) is 0 Å². The van der Waals surface area contributed by atoms with Gasteiger partial charge in [-0.1, -0.05) is 170 Å². The monoisotopic (exact) mass is 1020 g/mol. The molecule has 2 aromatic heterocycles. The van der Waals surface area contributed by atoms with E-state index in [2.05, 4.69) is 297 Å². The molecule has 0 saturated heterocycles. The van der Waals surface area contributed by atoms with Gasteiger partial charge in [0.15, 0.2) is 0 Å². The first-order valence-corrected chi connectivity index (χ1v) is 27.7. The molecule has 14 aromatic rings. The Morgan fingerprint density at radius 2 is 0.787 bits per heavy atom. The molecule has 0 N–H and O–H groups in total. The van der Waals surface area contributed by atoms with E-state index < -0.39 is 0 Å². The third-order valence-corrected chi connectivity index (χ3v) is 17.4. The second kappa shape index (κ2) is 16.5. The molecule has 0 aliphatic carbocycles. The molecular weight excluding hydrogens is 972 g/mol. The summed E-state index contributed by atoms with van der Waals surface area (Å²) in [5.41, 5.74) is 24.3. The van der Waals surface area contributed by atoms with E-state index in [-0.39, 0.29) is 13.4 Å². The minimum Gasteiger partial charge on any atom is -0.458 e. The fourth-order valence-corrected chi connectivity index (χ4v) is 14.3. The van der Waals surface area contributed by atoms with Gasteiger partial charge in [0, 0.05) is 90.4 Å². The average molecular weight is 1020 g/mol. The fraction of sp³-hybridized carbons (Fsp3) is 0. The van der Waals surface area contributed by atoms with E-state index in [1.54, 1.807) is 0 Å². The first-order chi connectivity index (χ1) is 39.7. The lowest BCUT2D eigenvalue weighted by molar-refractivity contribution is 0.488. The largest absolute Gasteiger partial charge is 0.458 e. The molecule has 0 atom stereocenters. The SMILES string of the molecule is c1ccc(N(c2ccccc2)c2cc3c4c(c2)N(c2ccccc2)c2ccccc2B4c2cc4c(cc2O3)N(c2ccccc2)c2cc(-n3c5ccccc5c5ccccc53)cc3c2B4c2cccc4c5ccccc5n-3c24)cc1. The molecule has 6 nitrogen and oxygen atoms in total. The van der Waals surface area contributed by atoms with E-state index in [1.807, 2.05) is 0 Å². The molecule has 6 heterocycles. The highest BCUT2D eigenvalue weighted by molar-refractivity contribution is 7.02. The predicted molar refractivity (Wildman–Crippen MR) is 335 cm³/mol. The molecule has 4 aliphatic rings. The van der Waals surface area contributed by atoms with Crippen LogP contribution < -0.4 is 52.2 Å². The molecule has 0 unspecified atom stereocenters. The van der Waals surface area contributed by atoms with Crippen LogP contribution in [0.3, 0.4) is 0 Å². The number of benzene rings is 12. The molecule has 370 valence electrons. The van der Waals surface area contributed by atoms with Gasteiger partial charge in [0.05, 0.1) is 27.9 Å². The summed E-state index contributed by atoms with van der Waals surface area (Å²) in [4.78, 5) is 7.33. The molecule has 0 spiro atoms.